The van der Waals surface area contributed by atoms with E-state index in [4.69, 9.17) is 0 Å². The van der Waals surface area contributed by atoms with Gasteiger partial charge in [0.25, 0.3) is 0 Å². The second-order valence-electron chi connectivity index (χ2n) is 3.53. The first-order valence-corrected chi connectivity index (χ1v) is 5.04. The van der Waals surface area contributed by atoms with Crippen LogP contribution in [-0.2, 0) is 0 Å². The van der Waals surface area contributed by atoms with Gasteiger partial charge in [-0.3, -0.25) is 0 Å². The lowest BCUT2D eigenvalue weighted by molar-refractivity contribution is 0.508. The lowest BCUT2D eigenvalue weighted by Crippen LogP contribution is -1.84. The molecule has 0 aliphatic carbocycles. The molecule has 0 saturated heterocycles. The van der Waals surface area contributed by atoms with Gasteiger partial charge in [0.2, 0.25) is 0 Å². The summed E-state index contributed by atoms with van der Waals surface area (Å²) in [5.41, 5.74) is 0.879. The predicted octanol–water partition coefficient (Wildman–Crippen LogP) is 4.27. The molecule has 0 radical (unpaired) electrons. The molecule has 0 saturated carbocycles. The van der Waals surface area contributed by atoms with Gasteiger partial charge in [-0.1, -0.05) is 36.4 Å². The van der Waals surface area contributed by atoms with E-state index in [0.29, 0.717) is 11.1 Å². The summed E-state index contributed by atoms with van der Waals surface area (Å²) < 4.78 is 38.8. The smallest absolute Gasteiger partial charge is 0.159 e. The second-order valence-corrected chi connectivity index (χ2v) is 3.53. The van der Waals surface area contributed by atoms with E-state index >= 15 is 0 Å². The minimum Gasteiger partial charge on any atom is -0.206 e. The summed E-state index contributed by atoms with van der Waals surface area (Å²) in [4.78, 5) is 0. The van der Waals surface area contributed by atoms with Crippen molar-refractivity contribution in [1.82, 2.24) is 0 Å². The maximum atomic E-state index is 13.3. The molecular formula is C14H9F3. The molecule has 0 aromatic heterocycles. The molecule has 0 atom stereocenters. The highest BCUT2D eigenvalue weighted by Gasteiger charge is 2.00. The van der Waals surface area contributed by atoms with Crippen LogP contribution in [-0.4, -0.2) is 0 Å². The van der Waals surface area contributed by atoms with Gasteiger partial charge in [0.05, 0.1) is 0 Å². The summed E-state index contributed by atoms with van der Waals surface area (Å²) in [6, 6.07) is 9.76. The molecule has 2 aromatic rings. The first-order chi connectivity index (χ1) is 8.16. The maximum Gasteiger partial charge on any atom is 0.159 e. The van der Waals surface area contributed by atoms with Crippen LogP contribution in [0.5, 0.6) is 0 Å². The Kier molecular flexibility index (Phi) is 3.28. The Morgan fingerprint density at radius 1 is 0.706 bits per heavy atom. The van der Waals surface area contributed by atoms with Gasteiger partial charge in [-0.15, -0.1) is 0 Å². The van der Waals surface area contributed by atoms with Crippen molar-refractivity contribution in [2.24, 2.45) is 0 Å². The number of rotatable bonds is 2. The summed E-state index contributed by atoms with van der Waals surface area (Å²) in [5.74, 6) is -2.17. The minimum absolute atomic E-state index is 0.355. The fourth-order valence-electron chi connectivity index (χ4n) is 1.41. The molecule has 0 nitrogen and oxygen atoms in total. The van der Waals surface area contributed by atoms with Crippen molar-refractivity contribution in [3.8, 4) is 0 Å². The molecule has 3 heteroatoms. The van der Waals surface area contributed by atoms with Gasteiger partial charge in [0.1, 0.15) is 5.82 Å². The van der Waals surface area contributed by atoms with Crippen molar-refractivity contribution in [2.45, 2.75) is 0 Å². The Morgan fingerprint density at radius 3 is 2.18 bits per heavy atom. The van der Waals surface area contributed by atoms with E-state index in [1.807, 2.05) is 0 Å². The Bertz CT molecular complexity index is 559. The molecule has 0 unspecified atom stereocenters. The molecule has 2 aromatic carbocycles. The standard InChI is InChI=1S/C14H9F3/c15-12-4-2-1-3-11(12)7-5-10-6-8-13(16)14(17)9-10/h1-9H/b7-5+. The average molecular weight is 234 g/mol. The van der Waals surface area contributed by atoms with E-state index in [9.17, 15) is 13.2 Å². The van der Waals surface area contributed by atoms with Gasteiger partial charge in [0, 0.05) is 5.56 Å². The highest BCUT2D eigenvalue weighted by Crippen LogP contribution is 2.14. The molecule has 0 aliphatic rings. The summed E-state index contributed by atoms with van der Waals surface area (Å²) in [5, 5.41) is 0. The Morgan fingerprint density at radius 2 is 1.47 bits per heavy atom. The van der Waals surface area contributed by atoms with Crippen molar-refractivity contribution in [3.63, 3.8) is 0 Å². The van der Waals surface area contributed by atoms with Crippen LogP contribution in [0.4, 0.5) is 13.2 Å². The van der Waals surface area contributed by atoms with Gasteiger partial charge in [-0.25, -0.2) is 13.2 Å². The Hall–Kier alpha value is -2.03. The largest absolute Gasteiger partial charge is 0.206 e. The van der Waals surface area contributed by atoms with Gasteiger partial charge in [-0.05, 0) is 23.8 Å². The first-order valence-electron chi connectivity index (χ1n) is 5.04. The van der Waals surface area contributed by atoms with Crippen LogP contribution in [0.3, 0.4) is 0 Å². The van der Waals surface area contributed by atoms with Crippen LogP contribution in [0.25, 0.3) is 12.2 Å². The molecular weight excluding hydrogens is 225 g/mol. The zero-order valence-corrected chi connectivity index (χ0v) is 8.83. The minimum atomic E-state index is -0.916. The molecule has 0 N–H and O–H groups in total. The normalized spacial score (nSPS) is 11.0. The molecule has 0 aliphatic heterocycles. The van der Waals surface area contributed by atoms with Crippen molar-refractivity contribution in [2.75, 3.05) is 0 Å². The van der Waals surface area contributed by atoms with Crippen molar-refractivity contribution in [3.05, 3.63) is 71.0 Å². The number of benzene rings is 2. The SMILES string of the molecule is Fc1ccc(/C=C/c2ccccc2F)cc1F. The summed E-state index contributed by atoms with van der Waals surface area (Å²) >= 11 is 0. The van der Waals surface area contributed by atoms with Crippen LogP contribution < -0.4 is 0 Å². The van der Waals surface area contributed by atoms with Gasteiger partial charge in [-0.2, -0.15) is 0 Å². The third-order valence-electron chi connectivity index (χ3n) is 2.30. The van der Waals surface area contributed by atoms with Gasteiger partial charge >= 0.3 is 0 Å². The van der Waals surface area contributed by atoms with E-state index in [1.165, 1.54) is 24.3 Å². The Labute approximate surface area is 97.0 Å². The third-order valence-corrected chi connectivity index (χ3v) is 2.30. The second kappa shape index (κ2) is 4.87. The van der Waals surface area contributed by atoms with Crippen LogP contribution in [0.1, 0.15) is 11.1 Å². The monoisotopic (exact) mass is 234 g/mol. The van der Waals surface area contributed by atoms with Crippen molar-refractivity contribution >= 4 is 12.2 Å². The van der Waals surface area contributed by atoms with E-state index in [1.54, 1.807) is 18.2 Å². The lowest BCUT2D eigenvalue weighted by atomic mass is 10.1. The predicted molar refractivity (Wildman–Crippen MR) is 61.7 cm³/mol. The molecule has 0 fully saturated rings. The quantitative estimate of drug-likeness (QED) is 0.680. The van der Waals surface area contributed by atoms with E-state index in [2.05, 4.69) is 0 Å². The molecule has 17 heavy (non-hydrogen) atoms. The van der Waals surface area contributed by atoms with Crippen LogP contribution in [0.2, 0.25) is 0 Å². The maximum absolute atomic E-state index is 13.3. The number of hydrogen-bond donors (Lipinski definition) is 0. The third kappa shape index (κ3) is 2.75. The zero-order chi connectivity index (χ0) is 12.3. The lowest BCUT2D eigenvalue weighted by Gasteiger charge is -1.97. The van der Waals surface area contributed by atoms with Gasteiger partial charge < -0.3 is 0 Å². The molecule has 2 rings (SSSR count). The number of hydrogen-bond acceptors (Lipinski definition) is 0. The molecule has 0 spiro atoms. The highest BCUT2D eigenvalue weighted by atomic mass is 19.2. The van der Waals surface area contributed by atoms with Gasteiger partial charge in [0.15, 0.2) is 11.6 Å². The van der Waals surface area contributed by atoms with E-state index < -0.39 is 11.6 Å². The van der Waals surface area contributed by atoms with E-state index in [-0.39, 0.29) is 5.82 Å². The zero-order valence-electron chi connectivity index (χ0n) is 8.83. The van der Waals surface area contributed by atoms with Crippen LogP contribution in [0, 0.1) is 17.5 Å². The summed E-state index contributed by atoms with van der Waals surface area (Å²) in [6.45, 7) is 0. The highest BCUT2D eigenvalue weighted by molar-refractivity contribution is 5.69. The van der Waals surface area contributed by atoms with Crippen molar-refractivity contribution < 1.29 is 13.2 Å². The average Bonchev–Trinajstić information content (AvgIpc) is 2.32. The molecule has 86 valence electrons. The topological polar surface area (TPSA) is 0 Å². The Balaban J connectivity index is 2.26. The summed E-state index contributed by atoms with van der Waals surface area (Å²) in [6.07, 6.45) is 3.04. The van der Waals surface area contributed by atoms with Crippen LogP contribution >= 0.6 is 0 Å². The molecule has 0 heterocycles. The number of halogens is 3. The molecule has 0 bridgehead atoms. The summed E-state index contributed by atoms with van der Waals surface area (Å²) in [7, 11) is 0. The van der Waals surface area contributed by atoms with E-state index in [0.717, 1.165) is 12.1 Å². The first kappa shape index (κ1) is 11.5. The van der Waals surface area contributed by atoms with Crippen LogP contribution in [0.15, 0.2) is 42.5 Å². The molecule has 0 amide bonds. The fourth-order valence-corrected chi connectivity index (χ4v) is 1.41. The van der Waals surface area contributed by atoms with Crippen molar-refractivity contribution in [1.29, 1.82) is 0 Å². The fraction of sp³-hybridized carbons (Fsp3) is 0.